The molecule has 1 atom stereocenters. The van der Waals surface area contributed by atoms with E-state index in [9.17, 15) is 9.59 Å². The highest BCUT2D eigenvalue weighted by Gasteiger charge is 2.12. The summed E-state index contributed by atoms with van der Waals surface area (Å²) >= 11 is 0. The molecule has 3 N–H and O–H groups in total. The predicted octanol–water partition coefficient (Wildman–Crippen LogP) is 1.57. The Labute approximate surface area is 139 Å². The van der Waals surface area contributed by atoms with Gasteiger partial charge in [0, 0.05) is 19.7 Å². The summed E-state index contributed by atoms with van der Waals surface area (Å²) < 4.78 is 14.9. The average molecular weight is 335 g/mol. The largest absolute Gasteiger partial charge is 0.482 e. The lowest BCUT2D eigenvalue weighted by molar-refractivity contribution is -0.147. The summed E-state index contributed by atoms with van der Waals surface area (Å²) in [7, 11) is 1.31. The first-order chi connectivity index (χ1) is 11.5. The molecule has 7 nitrogen and oxygen atoms in total. The first-order valence-corrected chi connectivity index (χ1v) is 7.19. The molecule has 0 spiro atoms. The van der Waals surface area contributed by atoms with Gasteiger partial charge in [0.05, 0.1) is 0 Å². The van der Waals surface area contributed by atoms with E-state index >= 15 is 0 Å². The summed E-state index contributed by atoms with van der Waals surface area (Å²) in [6, 6.07) is 11.1. The Morgan fingerprint density at radius 3 is 2.46 bits per heavy atom. The second kappa shape index (κ2) is 10.2. The molecule has 0 aliphatic carbocycles. The maximum Gasteiger partial charge on any atom is 0.334 e. The number of carboxylic acid groups (broad SMARTS) is 1. The van der Waals surface area contributed by atoms with Crippen molar-refractivity contribution in [1.29, 1.82) is 0 Å². The zero-order valence-corrected chi connectivity index (χ0v) is 13.6. The van der Waals surface area contributed by atoms with Crippen LogP contribution < -0.4 is 15.9 Å². The first kappa shape index (κ1) is 19.4. The molecule has 0 fully saturated rings. The molecule has 1 aromatic carbocycles. The second-order valence-corrected chi connectivity index (χ2v) is 4.79. The molecule has 0 radical (unpaired) electrons. The molecule has 1 heterocycles. The highest BCUT2D eigenvalue weighted by molar-refractivity contribution is 5.72. The number of nitrogens with two attached hydrogens (primary N) is 1. The van der Waals surface area contributed by atoms with Gasteiger partial charge in [-0.2, -0.15) is 0 Å². The number of ether oxygens (including phenoxy) is 2. The number of carboxylic acids is 1. The van der Waals surface area contributed by atoms with Crippen LogP contribution in [-0.2, 0) is 16.1 Å². The molecule has 2 aromatic rings. The number of aliphatic carboxylic acids is 1. The van der Waals surface area contributed by atoms with E-state index in [1.165, 1.54) is 19.4 Å². The summed E-state index contributed by atoms with van der Waals surface area (Å²) in [4.78, 5) is 21.4. The lowest BCUT2D eigenvalue weighted by Crippen LogP contribution is -2.30. The van der Waals surface area contributed by atoms with Crippen molar-refractivity contribution in [3.63, 3.8) is 0 Å². The van der Waals surface area contributed by atoms with E-state index in [1.807, 2.05) is 30.3 Å². The molecular formula is C17H21NO6. The number of benzene rings is 1. The third-order valence-corrected chi connectivity index (χ3v) is 2.94. The standard InChI is InChI=1S/C13H12O3.C4H9NO3/c1-10-7-12(14)13(9-15-10)16-8-11-5-3-2-4-6-11;1-8-3(2-5)4(6)7/h2-7,9H,8H2,1H3;3H,2,5H2,1H3,(H,6,7). The summed E-state index contributed by atoms with van der Waals surface area (Å²) in [5.41, 5.74) is 5.84. The van der Waals surface area contributed by atoms with E-state index in [-0.39, 0.29) is 17.7 Å². The minimum Gasteiger partial charge on any atom is -0.482 e. The summed E-state index contributed by atoms with van der Waals surface area (Å²) in [6.45, 7) is 2.11. The van der Waals surface area contributed by atoms with E-state index in [4.69, 9.17) is 20.0 Å². The SMILES string of the molecule is COC(CN)C(=O)O.Cc1cc(=O)c(OCc2ccccc2)co1. The lowest BCUT2D eigenvalue weighted by Gasteiger charge is -2.04. The van der Waals surface area contributed by atoms with E-state index in [2.05, 4.69) is 4.74 Å². The normalized spacial score (nSPS) is 11.1. The van der Waals surface area contributed by atoms with Crippen LogP contribution in [0, 0.1) is 6.92 Å². The Kier molecular flexibility index (Phi) is 8.24. The minimum atomic E-state index is -1.02. The molecule has 0 saturated carbocycles. The number of methoxy groups -OCH3 is 1. The number of hydrogen-bond donors (Lipinski definition) is 2. The second-order valence-electron chi connectivity index (χ2n) is 4.79. The predicted molar refractivity (Wildman–Crippen MR) is 88.0 cm³/mol. The first-order valence-electron chi connectivity index (χ1n) is 7.19. The van der Waals surface area contributed by atoms with Crippen LogP contribution in [0.25, 0.3) is 0 Å². The number of rotatable bonds is 6. The number of carbonyl (C=O) groups is 1. The maximum absolute atomic E-state index is 11.5. The van der Waals surface area contributed by atoms with Crippen LogP contribution in [0.5, 0.6) is 5.75 Å². The molecule has 1 unspecified atom stereocenters. The Morgan fingerprint density at radius 2 is 2.00 bits per heavy atom. The third kappa shape index (κ3) is 6.64. The van der Waals surface area contributed by atoms with Crippen LogP contribution in [0.1, 0.15) is 11.3 Å². The van der Waals surface area contributed by atoms with Crippen molar-refractivity contribution in [1.82, 2.24) is 0 Å². The van der Waals surface area contributed by atoms with E-state index < -0.39 is 12.1 Å². The smallest absolute Gasteiger partial charge is 0.334 e. The molecular weight excluding hydrogens is 314 g/mol. The molecule has 24 heavy (non-hydrogen) atoms. The van der Waals surface area contributed by atoms with Gasteiger partial charge in [0.1, 0.15) is 18.6 Å². The van der Waals surface area contributed by atoms with Gasteiger partial charge in [-0.05, 0) is 12.5 Å². The molecule has 0 aliphatic rings. The van der Waals surface area contributed by atoms with Gasteiger partial charge in [0.2, 0.25) is 11.2 Å². The van der Waals surface area contributed by atoms with Crippen molar-refractivity contribution in [2.45, 2.75) is 19.6 Å². The van der Waals surface area contributed by atoms with Crippen molar-refractivity contribution in [2.75, 3.05) is 13.7 Å². The molecule has 0 saturated heterocycles. The van der Waals surface area contributed by atoms with E-state index in [0.717, 1.165) is 5.56 Å². The van der Waals surface area contributed by atoms with Crippen LogP contribution >= 0.6 is 0 Å². The van der Waals surface area contributed by atoms with E-state index in [1.54, 1.807) is 6.92 Å². The number of aryl methyl sites for hydroxylation is 1. The fourth-order valence-corrected chi connectivity index (χ4v) is 1.63. The highest BCUT2D eigenvalue weighted by atomic mass is 16.5. The molecule has 0 amide bonds. The van der Waals surface area contributed by atoms with Gasteiger partial charge in [0.25, 0.3) is 0 Å². The monoisotopic (exact) mass is 335 g/mol. The zero-order chi connectivity index (χ0) is 17.9. The number of hydrogen-bond acceptors (Lipinski definition) is 6. The molecule has 0 aliphatic heterocycles. The van der Waals surface area contributed by atoms with Crippen molar-refractivity contribution >= 4 is 5.97 Å². The van der Waals surface area contributed by atoms with Crippen molar-refractivity contribution in [3.05, 3.63) is 64.2 Å². The van der Waals surface area contributed by atoms with Gasteiger partial charge in [-0.25, -0.2) is 4.79 Å². The third-order valence-electron chi connectivity index (χ3n) is 2.94. The molecule has 2 rings (SSSR count). The van der Waals surface area contributed by atoms with Crippen LogP contribution in [0.4, 0.5) is 0 Å². The van der Waals surface area contributed by atoms with Gasteiger partial charge in [-0.3, -0.25) is 4.79 Å². The quantitative estimate of drug-likeness (QED) is 0.824. The lowest BCUT2D eigenvalue weighted by atomic mass is 10.2. The fourth-order valence-electron chi connectivity index (χ4n) is 1.63. The fraction of sp³-hybridized carbons (Fsp3) is 0.294. The summed E-state index contributed by atoms with van der Waals surface area (Å²) in [6.07, 6.45) is 0.496. The average Bonchev–Trinajstić information content (AvgIpc) is 2.56. The summed E-state index contributed by atoms with van der Waals surface area (Å²) in [5.74, 6) is -0.193. The Balaban J connectivity index is 0.000000307. The van der Waals surface area contributed by atoms with Gasteiger partial charge in [0.15, 0.2) is 6.10 Å². The molecule has 1 aromatic heterocycles. The topological polar surface area (TPSA) is 112 Å². The van der Waals surface area contributed by atoms with Crippen molar-refractivity contribution in [2.24, 2.45) is 5.73 Å². The van der Waals surface area contributed by atoms with Gasteiger partial charge in [-0.1, -0.05) is 30.3 Å². The van der Waals surface area contributed by atoms with Crippen LogP contribution in [-0.4, -0.2) is 30.8 Å². The molecule has 7 heteroatoms. The maximum atomic E-state index is 11.5. The van der Waals surface area contributed by atoms with Crippen molar-refractivity contribution < 1.29 is 23.8 Å². The van der Waals surface area contributed by atoms with Crippen molar-refractivity contribution in [3.8, 4) is 5.75 Å². The Hall–Kier alpha value is -2.64. The van der Waals surface area contributed by atoms with Gasteiger partial charge in [-0.15, -0.1) is 0 Å². The Morgan fingerprint density at radius 1 is 1.33 bits per heavy atom. The van der Waals surface area contributed by atoms with Crippen LogP contribution in [0.2, 0.25) is 0 Å². The van der Waals surface area contributed by atoms with Gasteiger partial charge < -0.3 is 24.7 Å². The summed E-state index contributed by atoms with van der Waals surface area (Å²) in [5, 5.41) is 8.17. The Bertz CT molecular complexity index is 679. The zero-order valence-electron chi connectivity index (χ0n) is 13.6. The van der Waals surface area contributed by atoms with Crippen LogP contribution in [0.15, 0.2) is 51.9 Å². The molecule has 0 bridgehead atoms. The van der Waals surface area contributed by atoms with E-state index in [0.29, 0.717) is 12.4 Å². The highest BCUT2D eigenvalue weighted by Crippen LogP contribution is 2.08. The van der Waals surface area contributed by atoms with Gasteiger partial charge >= 0.3 is 5.97 Å². The van der Waals surface area contributed by atoms with Crippen LogP contribution in [0.3, 0.4) is 0 Å². The minimum absolute atomic E-state index is 0.0197. The molecule has 130 valence electrons.